The van der Waals surface area contributed by atoms with Gasteiger partial charge in [0.1, 0.15) is 0 Å². The van der Waals surface area contributed by atoms with Gasteiger partial charge >= 0.3 is 0 Å². The van der Waals surface area contributed by atoms with Crippen molar-refractivity contribution < 1.29 is 9.90 Å². The van der Waals surface area contributed by atoms with Gasteiger partial charge in [-0.3, -0.25) is 4.79 Å². The van der Waals surface area contributed by atoms with E-state index in [-0.39, 0.29) is 12.4 Å². The Balaban J connectivity index is 0.00000288. The lowest BCUT2D eigenvalue weighted by atomic mass is 10.0. The smallest absolute Gasteiger partial charge is 0.248 e. The van der Waals surface area contributed by atoms with Gasteiger partial charge in [0, 0.05) is 18.2 Å². The Morgan fingerprint density at radius 1 is 1.12 bits per heavy atom. The summed E-state index contributed by atoms with van der Waals surface area (Å²) in [5, 5.41) is 13.5. The highest BCUT2D eigenvalue weighted by atomic mass is 35.5. The fourth-order valence-corrected chi connectivity index (χ4v) is 2.43. The summed E-state index contributed by atoms with van der Waals surface area (Å²) < 4.78 is 0. The van der Waals surface area contributed by atoms with E-state index in [0.717, 1.165) is 18.4 Å². The fraction of sp³-hybridized carbons (Fsp3) is 0.316. The lowest BCUT2D eigenvalue weighted by molar-refractivity contribution is 0.100. The van der Waals surface area contributed by atoms with E-state index in [1.807, 2.05) is 42.5 Å². The minimum absolute atomic E-state index is 0. The predicted molar refractivity (Wildman–Crippen MR) is 99.4 cm³/mol. The number of nitrogens with one attached hydrogen (secondary N) is 1. The van der Waals surface area contributed by atoms with Crippen LogP contribution in [0.1, 0.15) is 40.9 Å². The highest BCUT2D eigenvalue weighted by Gasteiger charge is 2.09. The maximum Gasteiger partial charge on any atom is 0.248 e. The van der Waals surface area contributed by atoms with Crippen LogP contribution in [-0.2, 0) is 6.42 Å². The van der Waals surface area contributed by atoms with Crippen LogP contribution in [0.4, 0.5) is 0 Å². The average molecular weight is 349 g/mol. The molecule has 0 unspecified atom stereocenters. The van der Waals surface area contributed by atoms with E-state index >= 15 is 0 Å². The van der Waals surface area contributed by atoms with Crippen LogP contribution in [0.5, 0.6) is 0 Å². The first-order valence-corrected chi connectivity index (χ1v) is 7.91. The molecule has 0 heterocycles. The van der Waals surface area contributed by atoms with E-state index < -0.39 is 12.0 Å². The van der Waals surface area contributed by atoms with Crippen molar-refractivity contribution in [2.24, 2.45) is 5.73 Å². The molecule has 0 saturated carbocycles. The molecule has 0 fully saturated rings. The van der Waals surface area contributed by atoms with Crippen molar-refractivity contribution in [1.29, 1.82) is 0 Å². The highest BCUT2D eigenvalue weighted by molar-refractivity contribution is 5.92. The maximum atomic E-state index is 11.0. The monoisotopic (exact) mass is 348 g/mol. The first kappa shape index (κ1) is 20.2. The molecule has 24 heavy (non-hydrogen) atoms. The third kappa shape index (κ3) is 6.32. The van der Waals surface area contributed by atoms with Crippen LogP contribution in [-0.4, -0.2) is 23.6 Å². The molecular formula is C19H25ClN2O2. The van der Waals surface area contributed by atoms with Crippen molar-refractivity contribution in [1.82, 2.24) is 5.32 Å². The van der Waals surface area contributed by atoms with Crippen LogP contribution >= 0.6 is 12.4 Å². The molecule has 130 valence electrons. The molecule has 0 saturated heterocycles. The standard InChI is InChI=1S/C19H24N2O2.ClH/c1-14(21-13-18(22)16-5-3-2-4-6-16)7-8-15-9-11-17(12-10-15)19(20)23;/h2-6,9-12,14,18,21-22H,7-8,13H2,1H3,(H2,20,23);1H/t14-,18+;/m1./s1. The molecule has 0 aliphatic carbocycles. The SMILES string of the molecule is C[C@H](CCc1ccc(C(N)=O)cc1)NC[C@H](O)c1ccccc1.Cl. The summed E-state index contributed by atoms with van der Waals surface area (Å²) >= 11 is 0. The second-order valence-electron chi connectivity index (χ2n) is 5.84. The minimum atomic E-state index is -0.492. The number of amides is 1. The number of nitrogens with two attached hydrogens (primary N) is 1. The quantitative estimate of drug-likeness (QED) is 0.686. The van der Waals surface area contributed by atoms with Crippen LogP contribution < -0.4 is 11.1 Å². The van der Waals surface area contributed by atoms with Crippen molar-refractivity contribution in [3.8, 4) is 0 Å². The third-order valence-electron chi connectivity index (χ3n) is 3.95. The van der Waals surface area contributed by atoms with Gasteiger partial charge in [-0.15, -0.1) is 12.4 Å². The lowest BCUT2D eigenvalue weighted by Crippen LogP contribution is -2.30. The van der Waals surface area contributed by atoms with Gasteiger partial charge in [-0.2, -0.15) is 0 Å². The van der Waals surface area contributed by atoms with Gasteiger partial charge in [0.25, 0.3) is 0 Å². The Hall–Kier alpha value is -1.88. The van der Waals surface area contributed by atoms with Gasteiger partial charge in [0.05, 0.1) is 6.10 Å². The van der Waals surface area contributed by atoms with Crippen molar-refractivity contribution >= 4 is 18.3 Å². The van der Waals surface area contributed by atoms with Gasteiger partial charge in [0.15, 0.2) is 0 Å². The molecule has 1 amide bonds. The van der Waals surface area contributed by atoms with E-state index in [0.29, 0.717) is 18.2 Å². The molecule has 0 aliphatic heterocycles. The number of primary amides is 1. The number of hydrogen-bond acceptors (Lipinski definition) is 3. The van der Waals surface area contributed by atoms with Crippen LogP contribution in [0.2, 0.25) is 0 Å². The van der Waals surface area contributed by atoms with Crippen LogP contribution in [0.25, 0.3) is 0 Å². The number of carbonyl (C=O) groups is 1. The molecule has 2 aromatic carbocycles. The highest BCUT2D eigenvalue weighted by Crippen LogP contribution is 2.12. The number of halogens is 1. The summed E-state index contributed by atoms with van der Waals surface area (Å²) in [6.45, 7) is 2.64. The number of aryl methyl sites for hydroxylation is 1. The van der Waals surface area contributed by atoms with Gasteiger partial charge < -0.3 is 16.2 Å². The van der Waals surface area contributed by atoms with Crippen molar-refractivity contribution in [3.63, 3.8) is 0 Å². The molecule has 0 radical (unpaired) electrons. The van der Waals surface area contributed by atoms with Gasteiger partial charge in [-0.05, 0) is 43.0 Å². The fourth-order valence-electron chi connectivity index (χ4n) is 2.43. The van der Waals surface area contributed by atoms with Gasteiger partial charge in [-0.25, -0.2) is 0 Å². The summed E-state index contributed by atoms with van der Waals surface area (Å²) in [4.78, 5) is 11.0. The largest absolute Gasteiger partial charge is 0.387 e. The van der Waals surface area contributed by atoms with E-state index in [4.69, 9.17) is 5.73 Å². The molecule has 0 aromatic heterocycles. The summed E-state index contributed by atoms with van der Waals surface area (Å²) in [6.07, 6.45) is 1.38. The van der Waals surface area contributed by atoms with Crippen molar-refractivity contribution in [2.75, 3.05) is 6.54 Å². The predicted octanol–water partition coefficient (Wildman–Crippen LogP) is 2.85. The zero-order valence-electron chi connectivity index (χ0n) is 13.8. The molecule has 4 nitrogen and oxygen atoms in total. The number of hydrogen-bond donors (Lipinski definition) is 3. The Morgan fingerprint density at radius 2 is 1.75 bits per heavy atom. The van der Waals surface area contributed by atoms with Gasteiger partial charge in [-0.1, -0.05) is 42.5 Å². The molecular weight excluding hydrogens is 324 g/mol. The summed E-state index contributed by atoms with van der Waals surface area (Å²) in [5.74, 6) is -0.401. The summed E-state index contributed by atoms with van der Waals surface area (Å²) in [5.41, 5.74) is 7.86. The Morgan fingerprint density at radius 3 is 2.33 bits per heavy atom. The second-order valence-corrected chi connectivity index (χ2v) is 5.84. The Kier molecular flexibility index (Phi) is 8.47. The number of aliphatic hydroxyl groups excluding tert-OH is 1. The number of benzene rings is 2. The third-order valence-corrected chi connectivity index (χ3v) is 3.95. The van der Waals surface area contributed by atoms with Crippen LogP contribution in [0.15, 0.2) is 54.6 Å². The second kappa shape index (κ2) is 10.1. The summed E-state index contributed by atoms with van der Waals surface area (Å²) in [6, 6.07) is 17.3. The number of carbonyl (C=O) groups excluding carboxylic acids is 1. The molecule has 5 heteroatoms. The topological polar surface area (TPSA) is 75.4 Å². The van der Waals surface area contributed by atoms with Crippen molar-refractivity contribution in [2.45, 2.75) is 31.9 Å². The minimum Gasteiger partial charge on any atom is -0.387 e. The van der Waals surface area contributed by atoms with E-state index in [2.05, 4.69) is 12.2 Å². The Labute approximate surface area is 149 Å². The first-order valence-electron chi connectivity index (χ1n) is 7.91. The molecule has 0 bridgehead atoms. The lowest BCUT2D eigenvalue weighted by Gasteiger charge is -2.17. The normalized spacial score (nSPS) is 12.9. The van der Waals surface area contributed by atoms with Crippen molar-refractivity contribution in [3.05, 3.63) is 71.3 Å². The molecule has 0 aliphatic rings. The van der Waals surface area contributed by atoms with Gasteiger partial charge in [0.2, 0.25) is 5.91 Å². The number of aliphatic hydroxyl groups is 1. The molecule has 2 aromatic rings. The maximum absolute atomic E-state index is 11.0. The zero-order valence-corrected chi connectivity index (χ0v) is 14.6. The van der Waals surface area contributed by atoms with E-state index in [1.165, 1.54) is 5.56 Å². The van der Waals surface area contributed by atoms with Crippen LogP contribution in [0, 0.1) is 0 Å². The molecule has 2 atom stereocenters. The molecule has 0 spiro atoms. The van der Waals surface area contributed by atoms with Crippen LogP contribution in [0.3, 0.4) is 0 Å². The molecule has 2 rings (SSSR count). The molecule has 4 N–H and O–H groups in total. The Bertz CT molecular complexity index is 617. The average Bonchev–Trinajstić information content (AvgIpc) is 2.59. The van der Waals surface area contributed by atoms with E-state index in [9.17, 15) is 9.90 Å². The zero-order chi connectivity index (χ0) is 16.7. The first-order chi connectivity index (χ1) is 11.1. The van der Waals surface area contributed by atoms with E-state index in [1.54, 1.807) is 12.1 Å². The number of rotatable bonds is 8. The summed E-state index contributed by atoms with van der Waals surface area (Å²) in [7, 11) is 0.